The second-order valence-electron chi connectivity index (χ2n) is 5.55. The van der Waals surface area contributed by atoms with E-state index in [1.807, 2.05) is 37.8 Å². The van der Waals surface area contributed by atoms with Gasteiger partial charge in [-0.25, -0.2) is 0 Å². The van der Waals surface area contributed by atoms with E-state index in [1.54, 1.807) is 0 Å². The Balaban J connectivity index is 1.91. The third-order valence-corrected chi connectivity index (χ3v) is 3.62. The van der Waals surface area contributed by atoms with Crippen LogP contribution in [0.15, 0.2) is 12.1 Å². The van der Waals surface area contributed by atoms with E-state index in [0.717, 1.165) is 16.8 Å². The Labute approximate surface area is 118 Å². The van der Waals surface area contributed by atoms with Crippen LogP contribution in [-0.2, 0) is 9.59 Å². The molecule has 0 aliphatic carbocycles. The van der Waals surface area contributed by atoms with Crippen LogP contribution in [0, 0.1) is 26.7 Å². The van der Waals surface area contributed by atoms with E-state index in [2.05, 4.69) is 5.32 Å². The fourth-order valence-electron chi connectivity index (χ4n) is 2.61. The van der Waals surface area contributed by atoms with Crippen molar-refractivity contribution >= 4 is 17.6 Å². The second-order valence-corrected chi connectivity index (χ2v) is 5.55. The molecule has 0 atom stereocenters. The summed E-state index contributed by atoms with van der Waals surface area (Å²) in [6, 6.07) is 4.07. The maximum absolute atomic E-state index is 12.0. The van der Waals surface area contributed by atoms with Crippen LogP contribution in [0.25, 0.3) is 0 Å². The average molecular weight is 276 g/mol. The molecule has 1 aliphatic heterocycles. The standard InChI is InChI=1S/C15H20N2O3/c1-9-4-10(2)14(11(3)5-9)16-13(18)8-17-6-12(7-17)15(19)20/h4-5,12H,6-8H2,1-3H3,(H,16,18)(H,19,20). The summed E-state index contributed by atoms with van der Waals surface area (Å²) in [7, 11) is 0. The van der Waals surface area contributed by atoms with Gasteiger partial charge in [-0.15, -0.1) is 0 Å². The predicted octanol–water partition coefficient (Wildman–Crippen LogP) is 1.57. The van der Waals surface area contributed by atoms with E-state index >= 15 is 0 Å². The fourth-order valence-corrected chi connectivity index (χ4v) is 2.61. The molecule has 5 heteroatoms. The van der Waals surface area contributed by atoms with Crippen LogP contribution >= 0.6 is 0 Å². The van der Waals surface area contributed by atoms with Gasteiger partial charge in [0, 0.05) is 18.8 Å². The van der Waals surface area contributed by atoms with Gasteiger partial charge in [-0.3, -0.25) is 14.5 Å². The SMILES string of the molecule is Cc1cc(C)c(NC(=O)CN2CC(C(=O)O)C2)c(C)c1. The van der Waals surface area contributed by atoms with Crippen molar-refractivity contribution in [3.05, 3.63) is 28.8 Å². The lowest BCUT2D eigenvalue weighted by molar-refractivity contribution is -0.148. The minimum absolute atomic E-state index is 0.0936. The molecule has 1 aliphatic rings. The number of benzene rings is 1. The third-order valence-electron chi connectivity index (χ3n) is 3.62. The Kier molecular flexibility index (Phi) is 4.09. The van der Waals surface area contributed by atoms with Crippen LogP contribution in [0.2, 0.25) is 0 Å². The lowest BCUT2D eigenvalue weighted by Gasteiger charge is -2.35. The third kappa shape index (κ3) is 3.17. The topological polar surface area (TPSA) is 69.6 Å². The van der Waals surface area contributed by atoms with Crippen molar-refractivity contribution in [1.29, 1.82) is 0 Å². The van der Waals surface area contributed by atoms with E-state index in [1.165, 1.54) is 5.56 Å². The van der Waals surface area contributed by atoms with Crippen molar-refractivity contribution in [2.24, 2.45) is 5.92 Å². The van der Waals surface area contributed by atoms with Crippen LogP contribution in [0.4, 0.5) is 5.69 Å². The normalized spacial score (nSPS) is 15.8. The minimum Gasteiger partial charge on any atom is -0.481 e. The van der Waals surface area contributed by atoms with Crippen LogP contribution in [0.1, 0.15) is 16.7 Å². The number of rotatable bonds is 4. The number of hydrogen-bond acceptors (Lipinski definition) is 3. The molecule has 0 saturated carbocycles. The van der Waals surface area contributed by atoms with Gasteiger partial charge in [0.2, 0.25) is 5.91 Å². The molecule has 1 heterocycles. The van der Waals surface area contributed by atoms with E-state index in [0.29, 0.717) is 13.1 Å². The van der Waals surface area contributed by atoms with E-state index < -0.39 is 5.97 Å². The Bertz CT molecular complexity index is 525. The van der Waals surface area contributed by atoms with E-state index in [9.17, 15) is 9.59 Å². The molecule has 108 valence electrons. The largest absolute Gasteiger partial charge is 0.481 e. The number of hydrogen-bond donors (Lipinski definition) is 2. The number of anilines is 1. The summed E-state index contributed by atoms with van der Waals surface area (Å²) in [4.78, 5) is 24.5. The first-order valence-corrected chi connectivity index (χ1v) is 6.69. The molecule has 20 heavy (non-hydrogen) atoms. The zero-order valence-electron chi connectivity index (χ0n) is 12.1. The smallest absolute Gasteiger partial charge is 0.309 e. The molecular weight excluding hydrogens is 256 g/mol. The molecular formula is C15H20N2O3. The van der Waals surface area contributed by atoms with E-state index in [4.69, 9.17) is 5.11 Å². The zero-order chi connectivity index (χ0) is 14.9. The van der Waals surface area contributed by atoms with Gasteiger partial charge in [-0.1, -0.05) is 17.7 Å². The summed E-state index contributed by atoms with van der Waals surface area (Å²) in [5.41, 5.74) is 4.12. The first-order valence-electron chi connectivity index (χ1n) is 6.69. The summed E-state index contributed by atoms with van der Waals surface area (Å²) >= 11 is 0. The quantitative estimate of drug-likeness (QED) is 0.875. The Morgan fingerprint density at radius 3 is 2.30 bits per heavy atom. The van der Waals surface area contributed by atoms with Crippen molar-refractivity contribution in [3.63, 3.8) is 0 Å². The Morgan fingerprint density at radius 1 is 1.25 bits per heavy atom. The first kappa shape index (κ1) is 14.5. The summed E-state index contributed by atoms with van der Waals surface area (Å²) in [5.74, 6) is -1.21. The predicted molar refractivity (Wildman–Crippen MR) is 76.8 cm³/mol. The molecule has 5 nitrogen and oxygen atoms in total. The van der Waals surface area contributed by atoms with Crippen LogP contribution in [0.3, 0.4) is 0 Å². The van der Waals surface area contributed by atoms with Gasteiger partial charge in [0.15, 0.2) is 0 Å². The lowest BCUT2D eigenvalue weighted by atomic mass is 10.0. The number of nitrogens with one attached hydrogen (secondary N) is 1. The molecule has 1 aromatic rings. The number of amides is 1. The minimum atomic E-state index is -0.785. The van der Waals surface area contributed by atoms with E-state index in [-0.39, 0.29) is 18.4 Å². The molecule has 1 fully saturated rings. The molecule has 1 saturated heterocycles. The second kappa shape index (κ2) is 5.63. The molecule has 0 spiro atoms. The highest BCUT2D eigenvalue weighted by Gasteiger charge is 2.33. The van der Waals surface area contributed by atoms with Gasteiger partial charge in [-0.2, -0.15) is 0 Å². The van der Waals surface area contributed by atoms with Gasteiger partial charge < -0.3 is 10.4 Å². The van der Waals surface area contributed by atoms with Gasteiger partial charge in [0.1, 0.15) is 0 Å². The monoisotopic (exact) mass is 276 g/mol. The van der Waals surface area contributed by atoms with Gasteiger partial charge in [-0.05, 0) is 31.9 Å². The zero-order valence-corrected chi connectivity index (χ0v) is 12.1. The van der Waals surface area contributed by atoms with Gasteiger partial charge in [0.25, 0.3) is 0 Å². The molecule has 0 aromatic heterocycles. The molecule has 1 aromatic carbocycles. The fraction of sp³-hybridized carbons (Fsp3) is 0.467. The highest BCUT2D eigenvalue weighted by atomic mass is 16.4. The summed E-state index contributed by atoms with van der Waals surface area (Å²) in [6.45, 7) is 7.12. The number of aliphatic carboxylic acids is 1. The number of aryl methyl sites for hydroxylation is 3. The number of nitrogens with zero attached hydrogens (tertiary/aromatic N) is 1. The highest BCUT2D eigenvalue weighted by Crippen LogP contribution is 2.22. The van der Waals surface area contributed by atoms with Crippen LogP contribution in [-0.4, -0.2) is 41.5 Å². The maximum Gasteiger partial charge on any atom is 0.309 e. The van der Waals surface area contributed by atoms with Gasteiger partial charge in [0.05, 0.1) is 12.5 Å². The summed E-state index contributed by atoms with van der Waals surface area (Å²) < 4.78 is 0. The number of carboxylic acids is 1. The highest BCUT2D eigenvalue weighted by molar-refractivity contribution is 5.94. The molecule has 0 unspecified atom stereocenters. The van der Waals surface area contributed by atoms with Crippen molar-refractivity contribution in [2.45, 2.75) is 20.8 Å². The average Bonchev–Trinajstić information content (AvgIpc) is 2.27. The molecule has 1 amide bonds. The van der Waals surface area contributed by atoms with Crippen molar-refractivity contribution in [3.8, 4) is 0 Å². The van der Waals surface area contributed by atoms with Gasteiger partial charge >= 0.3 is 5.97 Å². The number of carbonyl (C=O) groups excluding carboxylic acids is 1. The molecule has 0 radical (unpaired) electrons. The number of carbonyl (C=O) groups is 2. The number of likely N-dealkylation sites (tertiary alicyclic amines) is 1. The molecule has 0 bridgehead atoms. The number of carboxylic acid groups (broad SMARTS) is 1. The summed E-state index contributed by atoms with van der Waals surface area (Å²) in [5, 5.41) is 11.7. The van der Waals surface area contributed by atoms with Crippen LogP contribution in [0.5, 0.6) is 0 Å². The summed E-state index contributed by atoms with van der Waals surface area (Å²) in [6.07, 6.45) is 0. The molecule has 2 rings (SSSR count). The maximum atomic E-state index is 12.0. The van der Waals surface area contributed by atoms with Crippen molar-refractivity contribution in [2.75, 3.05) is 25.0 Å². The van der Waals surface area contributed by atoms with Crippen molar-refractivity contribution < 1.29 is 14.7 Å². The van der Waals surface area contributed by atoms with Crippen molar-refractivity contribution in [1.82, 2.24) is 4.90 Å². The first-order chi connectivity index (χ1) is 9.36. The van der Waals surface area contributed by atoms with Crippen LogP contribution < -0.4 is 5.32 Å². The Hall–Kier alpha value is -1.88. The molecule has 2 N–H and O–H groups in total. The lowest BCUT2D eigenvalue weighted by Crippen LogP contribution is -2.52. The Morgan fingerprint density at radius 2 is 1.80 bits per heavy atom.